The molecule has 2 amide bonds. The van der Waals surface area contributed by atoms with Crippen molar-refractivity contribution in [2.24, 2.45) is 7.05 Å². The van der Waals surface area contributed by atoms with E-state index in [-0.39, 0.29) is 11.8 Å². The average molecular weight is 497 g/mol. The number of fused-ring (bicyclic) bond motifs is 1. The van der Waals surface area contributed by atoms with Gasteiger partial charge in [0.05, 0.1) is 18.1 Å². The summed E-state index contributed by atoms with van der Waals surface area (Å²) in [7, 11) is 1.87. The van der Waals surface area contributed by atoms with E-state index in [0.717, 1.165) is 29.8 Å². The Hall–Kier alpha value is -3.24. The van der Waals surface area contributed by atoms with Gasteiger partial charge in [-0.1, -0.05) is 17.7 Å². The van der Waals surface area contributed by atoms with Crippen LogP contribution in [0.2, 0.25) is 5.02 Å². The molecule has 0 radical (unpaired) electrons. The van der Waals surface area contributed by atoms with Gasteiger partial charge in [-0.25, -0.2) is 9.97 Å². The van der Waals surface area contributed by atoms with Crippen LogP contribution in [0.1, 0.15) is 16.8 Å². The molecule has 10 nitrogen and oxygen atoms in total. The summed E-state index contributed by atoms with van der Waals surface area (Å²) >= 11 is 6.05. The summed E-state index contributed by atoms with van der Waals surface area (Å²) in [5.74, 6) is 0.991. The number of amides is 2. The number of halogens is 1. The van der Waals surface area contributed by atoms with Gasteiger partial charge in [-0.3, -0.25) is 19.2 Å². The molecule has 0 atom stereocenters. The molecular formula is C24H29ClN8O2. The number of hydrogen-bond acceptors (Lipinski definition) is 7. The third kappa shape index (κ3) is 5.08. The van der Waals surface area contributed by atoms with Crippen molar-refractivity contribution < 1.29 is 9.59 Å². The van der Waals surface area contributed by atoms with Crippen LogP contribution in [0.15, 0.2) is 36.8 Å². The van der Waals surface area contributed by atoms with Crippen LogP contribution in [0.3, 0.4) is 0 Å². The monoisotopic (exact) mass is 496 g/mol. The van der Waals surface area contributed by atoms with E-state index in [1.807, 2.05) is 16.8 Å². The van der Waals surface area contributed by atoms with Crippen molar-refractivity contribution in [2.75, 3.05) is 63.8 Å². The number of rotatable bonds is 4. The van der Waals surface area contributed by atoms with E-state index in [4.69, 9.17) is 11.6 Å². The SMILES string of the molecule is Cn1ncc2c(N3CCN(C(=O)CN4CCCN(C(=O)c5cccc(Cl)c5)CC4)CC3)ncnc21. The molecule has 0 aliphatic carbocycles. The third-order valence-corrected chi connectivity index (χ3v) is 6.98. The minimum Gasteiger partial charge on any atom is -0.352 e. The van der Waals surface area contributed by atoms with Crippen molar-refractivity contribution in [3.63, 3.8) is 0 Å². The Bertz CT molecular complexity index is 1220. The van der Waals surface area contributed by atoms with Crippen molar-refractivity contribution in [1.29, 1.82) is 0 Å². The minimum absolute atomic E-state index is 0.00996. The van der Waals surface area contributed by atoms with Crippen LogP contribution in [-0.4, -0.2) is 105 Å². The maximum Gasteiger partial charge on any atom is 0.253 e. The second-order valence-electron chi connectivity index (χ2n) is 9.00. The van der Waals surface area contributed by atoms with E-state index in [1.165, 1.54) is 0 Å². The van der Waals surface area contributed by atoms with E-state index in [2.05, 4.69) is 24.9 Å². The first-order valence-electron chi connectivity index (χ1n) is 11.9. The number of carbonyl (C=O) groups excluding carboxylic acids is 2. The molecule has 0 bridgehead atoms. The molecule has 3 aromatic rings. The van der Waals surface area contributed by atoms with E-state index >= 15 is 0 Å². The first-order chi connectivity index (χ1) is 17.0. The molecule has 1 aromatic carbocycles. The van der Waals surface area contributed by atoms with Crippen LogP contribution in [-0.2, 0) is 11.8 Å². The summed E-state index contributed by atoms with van der Waals surface area (Å²) in [6.07, 6.45) is 4.20. The number of piperazine rings is 1. The normalized spacial score (nSPS) is 17.6. The number of aryl methyl sites for hydroxylation is 1. The van der Waals surface area contributed by atoms with Gasteiger partial charge < -0.3 is 14.7 Å². The fraction of sp³-hybridized carbons (Fsp3) is 0.458. The highest BCUT2D eigenvalue weighted by Crippen LogP contribution is 2.23. The summed E-state index contributed by atoms with van der Waals surface area (Å²) < 4.78 is 1.74. The molecule has 2 saturated heterocycles. The quantitative estimate of drug-likeness (QED) is 0.540. The summed E-state index contributed by atoms with van der Waals surface area (Å²) in [6, 6.07) is 7.06. The van der Waals surface area contributed by atoms with Gasteiger partial charge in [0.25, 0.3) is 5.91 Å². The zero-order chi connectivity index (χ0) is 24.4. The summed E-state index contributed by atoms with van der Waals surface area (Å²) in [5.41, 5.74) is 1.41. The summed E-state index contributed by atoms with van der Waals surface area (Å²) in [5, 5.41) is 5.78. The largest absolute Gasteiger partial charge is 0.352 e. The van der Waals surface area contributed by atoms with Gasteiger partial charge >= 0.3 is 0 Å². The fourth-order valence-electron chi connectivity index (χ4n) is 4.80. The Balaban J connectivity index is 1.13. The lowest BCUT2D eigenvalue weighted by Gasteiger charge is -2.36. The molecule has 0 spiro atoms. The third-order valence-electron chi connectivity index (χ3n) is 6.75. The van der Waals surface area contributed by atoms with Crippen LogP contribution >= 0.6 is 11.6 Å². The van der Waals surface area contributed by atoms with Crippen molar-refractivity contribution >= 4 is 40.3 Å². The lowest BCUT2D eigenvalue weighted by atomic mass is 10.2. The molecule has 2 aliphatic heterocycles. The molecule has 4 heterocycles. The van der Waals surface area contributed by atoms with Crippen LogP contribution in [0.5, 0.6) is 0 Å². The zero-order valence-corrected chi connectivity index (χ0v) is 20.6. The molecule has 5 rings (SSSR count). The van der Waals surface area contributed by atoms with E-state index in [1.54, 1.807) is 41.5 Å². The number of benzene rings is 1. The van der Waals surface area contributed by atoms with Gasteiger partial charge in [-0.15, -0.1) is 0 Å². The predicted molar refractivity (Wildman–Crippen MR) is 134 cm³/mol. The van der Waals surface area contributed by atoms with Crippen molar-refractivity contribution in [3.8, 4) is 0 Å². The first kappa shape index (κ1) is 23.5. The molecular weight excluding hydrogens is 468 g/mol. The Morgan fingerprint density at radius 1 is 0.971 bits per heavy atom. The molecule has 2 aliphatic rings. The second kappa shape index (κ2) is 10.2. The van der Waals surface area contributed by atoms with E-state index in [0.29, 0.717) is 62.9 Å². The Kier molecular flexibility index (Phi) is 6.83. The van der Waals surface area contributed by atoms with Gasteiger partial charge in [0, 0.05) is 70.0 Å². The number of nitrogens with zero attached hydrogens (tertiary/aromatic N) is 8. The number of aromatic nitrogens is 4. The van der Waals surface area contributed by atoms with E-state index < -0.39 is 0 Å². The fourth-order valence-corrected chi connectivity index (χ4v) is 4.99. The van der Waals surface area contributed by atoms with Crippen molar-refractivity contribution in [1.82, 2.24) is 34.4 Å². The van der Waals surface area contributed by atoms with Gasteiger partial charge in [0.2, 0.25) is 5.91 Å². The summed E-state index contributed by atoms with van der Waals surface area (Å²) in [4.78, 5) is 42.8. The average Bonchev–Trinajstić information content (AvgIpc) is 3.10. The van der Waals surface area contributed by atoms with Crippen molar-refractivity contribution in [2.45, 2.75) is 6.42 Å². The Morgan fingerprint density at radius 3 is 2.57 bits per heavy atom. The predicted octanol–water partition coefficient (Wildman–Crippen LogP) is 1.51. The zero-order valence-electron chi connectivity index (χ0n) is 19.8. The highest BCUT2D eigenvalue weighted by Gasteiger charge is 2.26. The number of carbonyl (C=O) groups is 2. The maximum absolute atomic E-state index is 13.0. The van der Waals surface area contributed by atoms with Crippen molar-refractivity contribution in [3.05, 3.63) is 47.4 Å². The van der Waals surface area contributed by atoms with E-state index in [9.17, 15) is 9.59 Å². The highest BCUT2D eigenvalue weighted by atomic mass is 35.5. The molecule has 0 saturated carbocycles. The van der Waals surface area contributed by atoms with Crippen LogP contribution in [0.4, 0.5) is 5.82 Å². The van der Waals surface area contributed by atoms with Crippen LogP contribution < -0.4 is 4.90 Å². The lowest BCUT2D eigenvalue weighted by Crippen LogP contribution is -2.51. The first-order valence-corrected chi connectivity index (χ1v) is 12.3. The van der Waals surface area contributed by atoms with Gasteiger partial charge in [-0.05, 0) is 24.6 Å². The highest BCUT2D eigenvalue weighted by molar-refractivity contribution is 6.30. The molecule has 2 fully saturated rings. The Morgan fingerprint density at radius 2 is 1.77 bits per heavy atom. The standard InChI is InChI=1S/C24H29ClN8O2/c1-29-22-20(15-28-29)23(27-17-26-22)32-12-10-31(11-13-32)21(34)16-30-6-3-7-33(9-8-30)24(35)18-4-2-5-19(25)14-18/h2,4-5,14-15,17H,3,6-13,16H2,1H3. The summed E-state index contributed by atoms with van der Waals surface area (Å²) in [6.45, 7) is 5.86. The van der Waals surface area contributed by atoms with Crippen LogP contribution in [0.25, 0.3) is 11.0 Å². The Labute approximate surface area is 209 Å². The number of hydrogen-bond donors (Lipinski definition) is 0. The van der Waals surface area contributed by atoms with Gasteiger partial charge in [-0.2, -0.15) is 5.10 Å². The van der Waals surface area contributed by atoms with Gasteiger partial charge in [0.15, 0.2) is 5.65 Å². The molecule has 2 aromatic heterocycles. The molecule has 0 N–H and O–H groups in total. The second-order valence-corrected chi connectivity index (χ2v) is 9.44. The minimum atomic E-state index is -0.00996. The lowest BCUT2D eigenvalue weighted by molar-refractivity contribution is -0.132. The number of anilines is 1. The maximum atomic E-state index is 13.0. The molecule has 35 heavy (non-hydrogen) atoms. The van der Waals surface area contributed by atoms with Gasteiger partial charge in [0.1, 0.15) is 12.1 Å². The topological polar surface area (TPSA) is 90.7 Å². The molecule has 184 valence electrons. The molecule has 11 heteroatoms. The smallest absolute Gasteiger partial charge is 0.253 e. The van der Waals surface area contributed by atoms with Crippen LogP contribution in [0, 0.1) is 0 Å². The molecule has 0 unspecified atom stereocenters.